The van der Waals surface area contributed by atoms with Gasteiger partial charge in [0.1, 0.15) is 6.61 Å². The van der Waals surface area contributed by atoms with Gasteiger partial charge in [0, 0.05) is 12.5 Å². The minimum atomic E-state index is 0.313. The van der Waals surface area contributed by atoms with E-state index in [1.54, 1.807) is 0 Å². The van der Waals surface area contributed by atoms with E-state index in [0.29, 0.717) is 24.5 Å². The molecule has 1 aromatic heterocycles. The summed E-state index contributed by atoms with van der Waals surface area (Å²) >= 11 is 0. The topological polar surface area (TPSA) is 60.2 Å². The standard InChI is InChI=1S/C10H15N3O2/c1-2-7(1)10-12-9(13-15-10)6-14-8-3-4-11-5-8/h7-8,11H,1-6H2. The van der Waals surface area contributed by atoms with E-state index in [4.69, 9.17) is 9.26 Å². The van der Waals surface area contributed by atoms with Crippen molar-refractivity contribution in [1.29, 1.82) is 0 Å². The van der Waals surface area contributed by atoms with Gasteiger partial charge in [0.15, 0.2) is 5.82 Å². The van der Waals surface area contributed by atoms with E-state index in [-0.39, 0.29) is 0 Å². The Hall–Kier alpha value is -0.940. The average molecular weight is 209 g/mol. The highest BCUT2D eigenvalue weighted by molar-refractivity contribution is 5.01. The minimum absolute atomic E-state index is 0.313. The number of rotatable bonds is 4. The van der Waals surface area contributed by atoms with Crippen molar-refractivity contribution in [2.24, 2.45) is 0 Å². The van der Waals surface area contributed by atoms with Crippen LogP contribution in [0, 0.1) is 0 Å². The van der Waals surface area contributed by atoms with Crippen LogP contribution in [0.4, 0.5) is 0 Å². The number of nitrogens with one attached hydrogen (secondary N) is 1. The smallest absolute Gasteiger partial charge is 0.229 e. The third-order valence-electron chi connectivity index (χ3n) is 2.87. The third-order valence-corrected chi connectivity index (χ3v) is 2.87. The number of ether oxygens (including phenoxy) is 1. The van der Waals surface area contributed by atoms with Crippen molar-refractivity contribution in [1.82, 2.24) is 15.5 Å². The molecule has 2 aliphatic rings. The number of nitrogens with zero attached hydrogens (tertiary/aromatic N) is 2. The van der Waals surface area contributed by atoms with Crippen molar-refractivity contribution >= 4 is 0 Å². The molecular weight excluding hydrogens is 194 g/mol. The Bertz CT molecular complexity index is 329. The zero-order valence-electron chi connectivity index (χ0n) is 8.61. The van der Waals surface area contributed by atoms with Gasteiger partial charge in [-0.05, 0) is 25.8 Å². The maximum Gasteiger partial charge on any atom is 0.229 e. The van der Waals surface area contributed by atoms with Crippen molar-refractivity contribution in [2.75, 3.05) is 13.1 Å². The number of hydrogen-bond acceptors (Lipinski definition) is 5. The molecule has 0 bridgehead atoms. The molecule has 0 aromatic carbocycles. The van der Waals surface area contributed by atoms with Gasteiger partial charge < -0.3 is 14.6 Å². The summed E-state index contributed by atoms with van der Waals surface area (Å²) in [7, 11) is 0. The second kappa shape index (κ2) is 3.90. The summed E-state index contributed by atoms with van der Waals surface area (Å²) in [5.41, 5.74) is 0. The van der Waals surface area contributed by atoms with Crippen LogP contribution in [0.25, 0.3) is 0 Å². The molecule has 0 amide bonds. The average Bonchev–Trinajstić information content (AvgIpc) is 2.82. The summed E-state index contributed by atoms with van der Waals surface area (Å²) in [4.78, 5) is 4.31. The first-order chi connectivity index (χ1) is 7.42. The summed E-state index contributed by atoms with van der Waals surface area (Å²) in [6.45, 7) is 2.46. The first kappa shape index (κ1) is 9.30. The number of aromatic nitrogens is 2. The highest BCUT2D eigenvalue weighted by Gasteiger charge is 2.29. The third kappa shape index (κ3) is 2.18. The largest absolute Gasteiger partial charge is 0.369 e. The summed E-state index contributed by atoms with van der Waals surface area (Å²) in [6, 6.07) is 0. The van der Waals surface area contributed by atoms with Gasteiger partial charge in [-0.15, -0.1) is 0 Å². The molecule has 5 nitrogen and oxygen atoms in total. The Morgan fingerprint density at radius 2 is 2.33 bits per heavy atom. The maximum absolute atomic E-state index is 5.65. The fourth-order valence-corrected chi connectivity index (χ4v) is 1.79. The predicted molar refractivity (Wildman–Crippen MR) is 52.3 cm³/mol. The minimum Gasteiger partial charge on any atom is -0.369 e. The van der Waals surface area contributed by atoms with Crippen LogP contribution in [-0.4, -0.2) is 29.3 Å². The van der Waals surface area contributed by atoms with E-state index in [9.17, 15) is 0 Å². The second-order valence-electron chi connectivity index (χ2n) is 4.25. The fourth-order valence-electron chi connectivity index (χ4n) is 1.79. The van der Waals surface area contributed by atoms with Crippen LogP contribution in [0.1, 0.15) is 36.9 Å². The molecule has 3 rings (SSSR count). The zero-order valence-corrected chi connectivity index (χ0v) is 8.61. The molecule has 1 N–H and O–H groups in total. The molecule has 2 heterocycles. The summed E-state index contributed by atoms with van der Waals surface area (Å²) < 4.78 is 10.8. The van der Waals surface area contributed by atoms with Crippen LogP contribution >= 0.6 is 0 Å². The van der Waals surface area contributed by atoms with Crippen LogP contribution in [0.15, 0.2) is 4.52 Å². The Balaban J connectivity index is 1.52. The summed E-state index contributed by atoms with van der Waals surface area (Å²) in [6.07, 6.45) is 3.77. The summed E-state index contributed by atoms with van der Waals surface area (Å²) in [5.74, 6) is 2.00. The fraction of sp³-hybridized carbons (Fsp3) is 0.800. The second-order valence-corrected chi connectivity index (χ2v) is 4.25. The molecule has 0 radical (unpaired) electrons. The Kier molecular flexibility index (Phi) is 2.42. The Morgan fingerprint density at radius 3 is 3.07 bits per heavy atom. The lowest BCUT2D eigenvalue weighted by Crippen LogP contribution is -2.16. The quantitative estimate of drug-likeness (QED) is 0.795. The van der Waals surface area contributed by atoms with E-state index in [0.717, 1.165) is 25.4 Å². The molecule has 15 heavy (non-hydrogen) atoms. The van der Waals surface area contributed by atoms with Gasteiger partial charge in [0.05, 0.1) is 6.10 Å². The van der Waals surface area contributed by atoms with Crippen molar-refractivity contribution in [3.8, 4) is 0 Å². The predicted octanol–water partition coefficient (Wildman–Crippen LogP) is 0.825. The molecule has 2 fully saturated rings. The van der Waals surface area contributed by atoms with Crippen LogP contribution in [0.2, 0.25) is 0 Å². The molecule has 1 saturated heterocycles. The molecule has 1 aliphatic heterocycles. The highest BCUT2D eigenvalue weighted by atomic mass is 16.5. The van der Waals surface area contributed by atoms with Gasteiger partial charge >= 0.3 is 0 Å². The lowest BCUT2D eigenvalue weighted by Gasteiger charge is -2.06. The Morgan fingerprint density at radius 1 is 1.40 bits per heavy atom. The van der Waals surface area contributed by atoms with Crippen LogP contribution in [0.5, 0.6) is 0 Å². The molecule has 82 valence electrons. The molecule has 1 aliphatic carbocycles. The van der Waals surface area contributed by atoms with Crippen molar-refractivity contribution in [3.63, 3.8) is 0 Å². The normalized spacial score (nSPS) is 26.0. The lowest BCUT2D eigenvalue weighted by atomic mass is 10.3. The molecule has 5 heteroatoms. The van der Waals surface area contributed by atoms with E-state index in [1.807, 2.05) is 0 Å². The lowest BCUT2D eigenvalue weighted by molar-refractivity contribution is 0.0490. The molecular formula is C10H15N3O2. The molecule has 0 spiro atoms. The van der Waals surface area contributed by atoms with Gasteiger partial charge in [-0.2, -0.15) is 4.98 Å². The molecule has 1 unspecified atom stereocenters. The van der Waals surface area contributed by atoms with Gasteiger partial charge in [-0.3, -0.25) is 0 Å². The van der Waals surface area contributed by atoms with Crippen LogP contribution in [-0.2, 0) is 11.3 Å². The van der Waals surface area contributed by atoms with E-state index in [1.165, 1.54) is 12.8 Å². The highest BCUT2D eigenvalue weighted by Crippen LogP contribution is 2.38. The van der Waals surface area contributed by atoms with Crippen molar-refractivity contribution in [3.05, 3.63) is 11.7 Å². The Labute approximate surface area is 88.2 Å². The van der Waals surface area contributed by atoms with E-state index < -0.39 is 0 Å². The molecule has 1 atom stereocenters. The van der Waals surface area contributed by atoms with E-state index in [2.05, 4.69) is 15.5 Å². The first-order valence-corrected chi connectivity index (χ1v) is 5.56. The molecule has 1 saturated carbocycles. The summed E-state index contributed by atoms with van der Waals surface area (Å²) in [5, 5.41) is 7.16. The van der Waals surface area contributed by atoms with Gasteiger partial charge in [-0.1, -0.05) is 5.16 Å². The van der Waals surface area contributed by atoms with Crippen molar-refractivity contribution < 1.29 is 9.26 Å². The van der Waals surface area contributed by atoms with Gasteiger partial charge in [0.25, 0.3) is 0 Å². The van der Waals surface area contributed by atoms with Gasteiger partial charge in [0.2, 0.25) is 5.89 Å². The first-order valence-electron chi connectivity index (χ1n) is 5.56. The maximum atomic E-state index is 5.65. The SMILES string of the molecule is C1CC(OCc2noc(C3CC3)n2)CN1. The van der Waals surface area contributed by atoms with Crippen molar-refractivity contribution in [2.45, 2.75) is 37.9 Å². The monoisotopic (exact) mass is 209 g/mol. The molecule has 1 aromatic rings. The number of hydrogen-bond donors (Lipinski definition) is 1. The zero-order chi connectivity index (χ0) is 10.1. The van der Waals surface area contributed by atoms with Crippen LogP contribution < -0.4 is 5.32 Å². The van der Waals surface area contributed by atoms with E-state index >= 15 is 0 Å². The van der Waals surface area contributed by atoms with Gasteiger partial charge in [-0.25, -0.2) is 0 Å². The van der Waals surface area contributed by atoms with Crippen LogP contribution in [0.3, 0.4) is 0 Å².